The minimum Gasteiger partial charge on any atom is -0.387 e. The number of hydrogen-bond acceptors (Lipinski definition) is 3. The van der Waals surface area contributed by atoms with Gasteiger partial charge in [0.2, 0.25) is 0 Å². The molecule has 1 aromatic carbocycles. The van der Waals surface area contributed by atoms with Gasteiger partial charge in [-0.15, -0.1) is 0 Å². The highest BCUT2D eigenvalue weighted by Gasteiger charge is 2.12. The van der Waals surface area contributed by atoms with Gasteiger partial charge in [-0.25, -0.2) is 4.98 Å². The van der Waals surface area contributed by atoms with E-state index in [4.69, 9.17) is 0 Å². The van der Waals surface area contributed by atoms with Gasteiger partial charge in [0.1, 0.15) is 5.82 Å². The Hall–Kier alpha value is -1.88. The molecule has 0 spiro atoms. The Kier molecular flexibility index (Phi) is 4.39. The SMILES string of the molecule is CNc1cc(C)ccc1C(=O)Nc1cc(C)c(Br)cn1. The van der Waals surface area contributed by atoms with Crippen molar-refractivity contribution < 1.29 is 4.79 Å². The monoisotopic (exact) mass is 333 g/mol. The molecule has 1 heterocycles. The van der Waals surface area contributed by atoms with Crippen LogP contribution in [0.5, 0.6) is 0 Å². The Bertz CT molecular complexity index is 656. The van der Waals surface area contributed by atoms with Gasteiger partial charge in [0, 0.05) is 23.4 Å². The van der Waals surface area contributed by atoms with Crippen molar-refractivity contribution >= 4 is 33.3 Å². The zero-order valence-corrected chi connectivity index (χ0v) is 13.2. The van der Waals surface area contributed by atoms with E-state index in [1.165, 1.54) is 0 Å². The normalized spacial score (nSPS) is 10.2. The number of rotatable bonds is 3. The van der Waals surface area contributed by atoms with Crippen LogP contribution in [-0.4, -0.2) is 17.9 Å². The van der Waals surface area contributed by atoms with Crippen molar-refractivity contribution in [2.24, 2.45) is 0 Å². The van der Waals surface area contributed by atoms with E-state index in [0.717, 1.165) is 21.3 Å². The average molecular weight is 334 g/mol. The van der Waals surface area contributed by atoms with Crippen LogP contribution in [0.4, 0.5) is 11.5 Å². The molecule has 0 radical (unpaired) electrons. The van der Waals surface area contributed by atoms with Gasteiger partial charge in [0.25, 0.3) is 5.91 Å². The fourth-order valence-electron chi connectivity index (χ4n) is 1.85. The zero-order valence-electron chi connectivity index (χ0n) is 11.6. The third-order valence-electron chi connectivity index (χ3n) is 2.98. The maximum Gasteiger partial charge on any atom is 0.258 e. The molecule has 0 unspecified atom stereocenters. The molecule has 1 amide bonds. The van der Waals surface area contributed by atoms with E-state index in [-0.39, 0.29) is 5.91 Å². The maximum atomic E-state index is 12.3. The Balaban J connectivity index is 2.25. The molecule has 4 nitrogen and oxygen atoms in total. The van der Waals surface area contributed by atoms with Gasteiger partial charge in [-0.05, 0) is 59.1 Å². The van der Waals surface area contributed by atoms with Gasteiger partial charge < -0.3 is 10.6 Å². The van der Waals surface area contributed by atoms with Gasteiger partial charge in [0.05, 0.1) is 5.56 Å². The van der Waals surface area contributed by atoms with Crippen LogP contribution in [0.15, 0.2) is 34.9 Å². The van der Waals surface area contributed by atoms with Crippen molar-refractivity contribution in [1.29, 1.82) is 0 Å². The molecule has 0 fully saturated rings. The highest BCUT2D eigenvalue weighted by atomic mass is 79.9. The third-order valence-corrected chi connectivity index (χ3v) is 3.81. The highest BCUT2D eigenvalue weighted by molar-refractivity contribution is 9.10. The molecule has 5 heteroatoms. The number of nitrogens with one attached hydrogen (secondary N) is 2. The third kappa shape index (κ3) is 3.17. The topological polar surface area (TPSA) is 54.0 Å². The minimum atomic E-state index is -0.177. The molecule has 0 saturated carbocycles. The first-order valence-electron chi connectivity index (χ1n) is 6.23. The molecule has 2 N–H and O–H groups in total. The molecule has 0 aliphatic carbocycles. The summed E-state index contributed by atoms with van der Waals surface area (Å²) in [6, 6.07) is 7.49. The summed E-state index contributed by atoms with van der Waals surface area (Å²) in [5.41, 5.74) is 3.52. The number of carbonyl (C=O) groups is 1. The summed E-state index contributed by atoms with van der Waals surface area (Å²) in [6.07, 6.45) is 1.68. The largest absolute Gasteiger partial charge is 0.387 e. The van der Waals surface area contributed by atoms with Crippen LogP contribution in [-0.2, 0) is 0 Å². The van der Waals surface area contributed by atoms with E-state index in [1.807, 2.05) is 38.1 Å². The van der Waals surface area contributed by atoms with Crippen LogP contribution in [0.1, 0.15) is 21.5 Å². The number of hydrogen-bond donors (Lipinski definition) is 2. The molecule has 0 saturated heterocycles. The standard InChI is InChI=1S/C15H16BrN3O/c1-9-4-5-11(13(6-9)17-3)15(20)19-14-7-10(2)12(16)8-18-14/h4-8,17H,1-3H3,(H,18,19,20). The average Bonchev–Trinajstić information content (AvgIpc) is 2.42. The Morgan fingerprint density at radius 2 is 2.00 bits per heavy atom. The highest BCUT2D eigenvalue weighted by Crippen LogP contribution is 2.20. The fourth-order valence-corrected chi connectivity index (χ4v) is 2.07. The number of halogens is 1. The quantitative estimate of drug-likeness (QED) is 0.899. The molecule has 104 valence electrons. The molecular weight excluding hydrogens is 318 g/mol. The van der Waals surface area contributed by atoms with E-state index in [0.29, 0.717) is 11.4 Å². The number of carbonyl (C=O) groups excluding carboxylic acids is 1. The molecule has 0 bridgehead atoms. The van der Waals surface area contributed by atoms with Gasteiger partial charge in [-0.3, -0.25) is 4.79 Å². The first-order valence-corrected chi connectivity index (χ1v) is 7.02. The lowest BCUT2D eigenvalue weighted by atomic mass is 10.1. The number of nitrogens with zero attached hydrogens (tertiary/aromatic N) is 1. The van der Waals surface area contributed by atoms with Crippen molar-refractivity contribution in [2.45, 2.75) is 13.8 Å². The number of anilines is 2. The summed E-state index contributed by atoms with van der Waals surface area (Å²) in [5.74, 6) is 0.363. The van der Waals surface area contributed by atoms with Crippen molar-refractivity contribution in [3.8, 4) is 0 Å². The minimum absolute atomic E-state index is 0.177. The number of aromatic nitrogens is 1. The maximum absolute atomic E-state index is 12.3. The van der Waals surface area contributed by atoms with E-state index in [1.54, 1.807) is 13.2 Å². The van der Waals surface area contributed by atoms with Gasteiger partial charge in [-0.2, -0.15) is 0 Å². The van der Waals surface area contributed by atoms with E-state index in [9.17, 15) is 4.79 Å². The number of aryl methyl sites for hydroxylation is 2. The van der Waals surface area contributed by atoms with Crippen LogP contribution in [0.25, 0.3) is 0 Å². The molecule has 2 rings (SSSR count). The van der Waals surface area contributed by atoms with Crippen LogP contribution in [0.2, 0.25) is 0 Å². The lowest BCUT2D eigenvalue weighted by molar-refractivity contribution is 0.102. The summed E-state index contributed by atoms with van der Waals surface area (Å²) in [7, 11) is 1.80. The van der Waals surface area contributed by atoms with Crippen LogP contribution >= 0.6 is 15.9 Å². The Morgan fingerprint density at radius 3 is 2.65 bits per heavy atom. The summed E-state index contributed by atoms with van der Waals surface area (Å²) in [5, 5.41) is 5.84. The van der Waals surface area contributed by atoms with Crippen LogP contribution < -0.4 is 10.6 Å². The first-order chi connectivity index (χ1) is 9.51. The summed E-state index contributed by atoms with van der Waals surface area (Å²) in [6.45, 7) is 3.94. The summed E-state index contributed by atoms with van der Waals surface area (Å²) in [4.78, 5) is 16.5. The molecule has 0 aliphatic rings. The second-order valence-corrected chi connectivity index (χ2v) is 5.43. The van der Waals surface area contributed by atoms with Crippen molar-refractivity contribution in [2.75, 3.05) is 17.7 Å². The number of amides is 1. The van der Waals surface area contributed by atoms with E-state index in [2.05, 4.69) is 31.5 Å². The van der Waals surface area contributed by atoms with Crippen molar-refractivity contribution in [1.82, 2.24) is 4.98 Å². The smallest absolute Gasteiger partial charge is 0.258 e. The lowest BCUT2D eigenvalue weighted by Crippen LogP contribution is -2.15. The first kappa shape index (κ1) is 14.5. The fraction of sp³-hybridized carbons (Fsp3) is 0.200. The number of benzene rings is 1. The number of pyridine rings is 1. The Labute approximate surface area is 126 Å². The van der Waals surface area contributed by atoms with E-state index < -0.39 is 0 Å². The molecule has 2 aromatic rings. The lowest BCUT2D eigenvalue weighted by Gasteiger charge is -2.11. The van der Waals surface area contributed by atoms with Gasteiger partial charge >= 0.3 is 0 Å². The van der Waals surface area contributed by atoms with Crippen molar-refractivity contribution in [3.63, 3.8) is 0 Å². The van der Waals surface area contributed by atoms with Crippen molar-refractivity contribution in [3.05, 3.63) is 51.6 Å². The van der Waals surface area contributed by atoms with Gasteiger partial charge in [0.15, 0.2) is 0 Å². The molecule has 0 atom stereocenters. The Morgan fingerprint density at radius 1 is 1.25 bits per heavy atom. The van der Waals surface area contributed by atoms with E-state index >= 15 is 0 Å². The predicted octanol–water partition coefficient (Wildman–Crippen LogP) is 3.75. The second kappa shape index (κ2) is 6.05. The molecule has 1 aromatic heterocycles. The van der Waals surface area contributed by atoms with Crippen LogP contribution in [0.3, 0.4) is 0 Å². The van der Waals surface area contributed by atoms with Crippen LogP contribution in [0, 0.1) is 13.8 Å². The molecule has 20 heavy (non-hydrogen) atoms. The summed E-state index contributed by atoms with van der Waals surface area (Å²) >= 11 is 3.39. The zero-order chi connectivity index (χ0) is 14.7. The molecule has 0 aliphatic heterocycles. The van der Waals surface area contributed by atoms with Gasteiger partial charge in [-0.1, -0.05) is 6.07 Å². The second-order valence-electron chi connectivity index (χ2n) is 4.57. The predicted molar refractivity (Wildman–Crippen MR) is 85.4 cm³/mol. The summed E-state index contributed by atoms with van der Waals surface area (Å²) < 4.78 is 0.918. The molecular formula is C15H16BrN3O.